The van der Waals surface area contributed by atoms with Gasteiger partial charge in [0.25, 0.3) is 17.6 Å². The summed E-state index contributed by atoms with van der Waals surface area (Å²) in [6, 6.07) is 4.27. The van der Waals surface area contributed by atoms with Gasteiger partial charge in [0.15, 0.2) is 0 Å². The number of carbonyl (C=O) groups excluding carboxylic acids is 4. The first-order valence-electron chi connectivity index (χ1n) is 6.87. The maximum absolute atomic E-state index is 12.3. The van der Waals surface area contributed by atoms with Gasteiger partial charge >= 0.3 is 6.21 Å². The second-order valence-electron chi connectivity index (χ2n) is 5.08. The van der Waals surface area contributed by atoms with Crippen LogP contribution in [0.25, 0.3) is 5.53 Å². The maximum Gasteiger partial charge on any atom is 0.325 e. The van der Waals surface area contributed by atoms with Crippen molar-refractivity contribution in [3.63, 3.8) is 0 Å². The molecule has 0 radical (unpaired) electrons. The van der Waals surface area contributed by atoms with Crippen molar-refractivity contribution in [1.29, 1.82) is 0 Å². The number of carbonyl (C=O) groups is 4. The molecule has 1 heterocycles. The monoisotopic (exact) mass is 314 g/mol. The van der Waals surface area contributed by atoms with Crippen molar-refractivity contribution in [2.75, 3.05) is 0 Å². The highest BCUT2D eigenvalue weighted by Crippen LogP contribution is 2.24. The zero-order valence-electron chi connectivity index (χ0n) is 12.5. The maximum atomic E-state index is 12.3. The van der Waals surface area contributed by atoms with Gasteiger partial charge in [-0.15, -0.1) is 0 Å². The Bertz CT molecular complexity index is 717. The van der Waals surface area contributed by atoms with Crippen LogP contribution in [0.4, 0.5) is 0 Å². The zero-order chi connectivity index (χ0) is 17.1. The highest BCUT2D eigenvalue weighted by Gasteiger charge is 2.40. The first kappa shape index (κ1) is 16.3. The number of fused-ring (bicyclic) bond motifs is 1. The molecular weight excluding hydrogens is 300 g/mol. The summed E-state index contributed by atoms with van der Waals surface area (Å²) in [6.45, 7) is 2.80. The van der Waals surface area contributed by atoms with Crippen molar-refractivity contribution in [2.45, 2.75) is 25.9 Å². The van der Waals surface area contributed by atoms with Crippen LogP contribution < -0.4 is 5.32 Å². The lowest BCUT2D eigenvalue weighted by molar-refractivity contribution is -0.128. The Morgan fingerprint density at radius 2 is 1.70 bits per heavy atom. The van der Waals surface area contributed by atoms with Crippen LogP contribution in [0.1, 0.15) is 34.6 Å². The third kappa shape index (κ3) is 2.93. The molecule has 2 atom stereocenters. The standard InChI is InChI=1S/C15H14N4O4/c1-8(12(20)7-17-16)18-13(21)9(2)19-14(22)10-5-3-4-6-11(10)15(19)23/h3-9H,1-2H3,(H,18,21)/t8-,9-/m1/s1. The van der Waals surface area contributed by atoms with Crippen LogP contribution in [0.15, 0.2) is 24.3 Å². The highest BCUT2D eigenvalue weighted by atomic mass is 16.2. The van der Waals surface area contributed by atoms with Gasteiger partial charge in [-0.2, -0.15) is 4.79 Å². The third-order valence-electron chi connectivity index (χ3n) is 3.56. The van der Waals surface area contributed by atoms with E-state index >= 15 is 0 Å². The molecule has 3 amide bonds. The van der Waals surface area contributed by atoms with Crippen LogP contribution in [0.2, 0.25) is 0 Å². The summed E-state index contributed by atoms with van der Waals surface area (Å²) in [4.78, 5) is 51.6. The van der Waals surface area contributed by atoms with E-state index in [1.165, 1.54) is 26.0 Å². The molecule has 2 rings (SSSR count). The van der Waals surface area contributed by atoms with Crippen molar-refractivity contribution >= 4 is 29.7 Å². The van der Waals surface area contributed by atoms with Crippen LogP contribution >= 0.6 is 0 Å². The van der Waals surface area contributed by atoms with E-state index in [0.29, 0.717) is 6.21 Å². The largest absolute Gasteiger partial charge is 0.361 e. The summed E-state index contributed by atoms with van der Waals surface area (Å²) in [5, 5.41) is 2.37. The lowest BCUT2D eigenvalue weighted by atomic mass is 10.1. The molecule has 0 aromatic heterocycles. The van der Waals surface area contributed by atoms with Crippen molar-refractivity contribution < 1.29 is 24.0 Å². The third-order valence-corrected chi connectivity index (χ3v) is 3.56. The molecule has 1 N–H and O–H groups in total. The van der Waals surface area contributed by atoms with E-state index < -0.39 is 35.6 Å². The Kier molecular flexibility index (Phi) is 4.47. The molecule has 8 heteroatoms. The van der Waals surface area contributed by atoms with Gasteiger partial charge in [0.2, 0.25) is 5.91 Å². The number of hydrogen-bond acceptors (Lipinski definition) is 4. The van der Waals surface area contributed by atoms with E-state index in [4.69, 9.17) is 5.53 Å². The molecule has 0 unspecified atom stereocenters. The summed E-state index contributed by atoms with van der Waals surface area (Å²) in [7, 11) is 0. The van der Waals surface area contributed by atoms with Crippen LogP contribution in [0.3, 0.4) is 0 Å². The number of ketones is 1. The Morgan fingerprint density at radius 1 is 1.17 bits per heavy atom. The second kappa shape index (κ2) is 6.33. The van der Waals surface area contributed by atoms with Crippen molar-refractivity contribution in [1.82, 2.24) is 10.2 Å². The Labute approximate surface area is 131 Å². The predicted molar refractivity (Wildman–Crippen MR) is 78.7 cm³/mol. The lowest BCUT2D eigenvalue weighted by Gasteiger charge is -2.22. The van der Waals surface area contributed by atoms with E-state index in [0.717, 1.165) is 4.90 Å². The predicted octanol–water partition coefficient (Wildman–Crippen LogP) is 0.0455. The molecule has 0 aliphatic carbocycles. The Hall–Kier alpha value is -3.12. The number of nitrogens with one attached hydrogen (secondary N) is 1. The van der Waals surface area contributed by atoms with Crippen molar-refractivity contribution in [3.8, 4) is 0 Å². The molecule has 1 aliphatic heterocycles. The normalized spacial score (nSPS) is 15.5. The molecule has 1 aromatic carbocycles. The fourth-order valence-corrected chi connectivity index (χ4v) is 2.25. The van der Waals surface area contributed by atoms with E-state index in [-0.39, 0.29) is 11.1 Å². The number of rotatable bonds is 5. The minimum atomic E-state index is -1.08. The lowest BCUT2D eigenvalue weighted by Crippen LogP contribution is -2.51. The van der Waals surface area contributed by atoms with E-state index in [1.54, 1.807) is 12.1 Å². The Morgan fingerprint density at radius 3 is 2.17 bits per heavy atom. The topological polar surface area (TPSA) is 120 Å². The first-order chi connectivity index (χ1) is 10.9. The molecule has 0 saturated heterocycles. The second-order valence-corrected chi connectivity index (χ2v) is 5.08. The number of nitrogens with zero attached hydrogens (tertiary/aromatic N) is 3. The SMILES string of the molecule is C[C@H](C(=O)N[C@H](C)C(=O)C=[N+]=[N-])N1C(=O)c2ccccc2C1=O. The fraction of sp³-hybridized carbons (Fsp3) is 0.267. The number of imide groups is 1. The summed E-state index contributed by atoms with van der Waals surface area (Å²) in [5.41, 5.74) is 8.80. The van der Waals surface area contributed by atoms with Gasteiger partial charge in [0.05, 0.1) is 17.2 Å². The quantitative estimate of drug-likeness (QED) is 0.357. The zero-order valence-corrected chi connectivity index (χ0v) is 12.5. The van der Waals surface area contributed by atoms with Gasteiger partial charge in [-0.1, -0.05) is 12.1 Å². The molecule has 0 spiro atoms. The van der Waals surface area contributed by atoms with Gasteiger partial charge in [-0.3, -0.25) is 24.1 Å². The van der Waals surface area contributed by atoms with Gasteiger partial charge in [-0.25, -0.2) is 0 Å². The molecule has 0 fully saturated rings. The number of amides is 3. The molecule has 8 nitrogen and oxygen atoms in total. The van der Waals surface area contributed by atoms with E-state index in [1.807, 2.05) is 0 Å². The van der Waals surface area contributed by atoms with E-state index in [2.05, 4.69) is 10.1 Å². The average molecular weight is 314 g/mol. The highest BCUT2D eigenvalue weighted by molar-refractivity contribution is 6.28. The number of Topliss-reactive ketones (excluding diaryl/α,β-unsaturated/α-hetero) is 1. The average Bonchev–Trinajstić information content (AvgIpc) is 2.78. The molecule has 1 aromatic rings. The summed E-state index contributed by atoms with van der Waals surface area (Å²) < 4.78 is 0. The van der Waals surface area contributed by atoms with Crippen molar-refractivity contribution in [2.24, 2.45) is 0 Å². The Balaban J connectivity index is 2.15. The molecular formula is C15H14N4O4. The summed E-state index contributed by atoms with van der Waals surface area (Å²) >= 11 is 0. The van der Waals surface area contributed by atoms with Gasteiger partial charge in [0.1, 0.15) is 6.04 Å². The van der Waals surface area contributed by atoms with Crippen LogP contribution in [-0.2, 0) is 9.59 Å². The molecule has 1 aliphatic rings. The number of benzene rings is 1. The van der Waals surface area contributed by atoms with Gasteiger partial charge in [0, 0.05) is 0 Å². The summed E-state index contributed by atoms with van der Waals surface area (Å²) in [5.74, 6) is -2.38. The minimum absolute atomic E-state index is 0.244. The van der Waals surface area contributed by atoms with Gasteiger partial charge < -0.3 is 10.8 Å². The summed E-state index contributed by atoms with van der Waals surface area (Å²) in [6.07, 6.45) is 0.664. The van der Waals surface area contributed by atoms with Crippen LogP contribution in [-0.4, -0.2) is 51.5 Å². The van der Waals surface area contributed by atoms with Crippen LogP contribution in [0.5, 0.6) is 0 Å². The van der Waals surface area contributed by atoms with Crippen LogP contribution in [0, 0.1) is 0 Å². The smallest absolute Gasteiger partial charge is 0.325 e. The molecule has 118 valence electrons. The van der Waals surface area contributed by atoms with E-state index in [9.17, 15) is 19.2 Å². The molecule has 23 heavy (non-hydrogen) atoms. The first-order valence-corrected chi connectivity index (χ1v) is 6.87. The number of hydrogen-bond donors (Lipinski definition) is 1. The van der Waals surface area contributed by atoms with Crippen molar-refractivity contribution in [3.05, 3.63) is 40.9 Å². The van der Waals surface area contributed by atoms with Gasteiger partial charge in [-0.05, 0) is 26.0 Å². The molecule has 0 bridgehead atoms. The fourth-order valence-electron chi connectivity index (χ4n) is 2.25. The minimum Gasteiger partial charge on any atom is -0.361 e. The molecule has 0 saturated carbocycles.